The molecule has 140 valence electrons. The molecule has 0 spiro atoms. The van der Waals surface area contributed by atoms with Crippen LogP contribution in [0.5, 0.6) is 0 Å². The van der Waals surface area contributed by atoms with E-state index in [2.05, 4.69) is 4.98 Å². The van der Waals surface area contributed by atoms with Crippen molar-refractivity contribution in [3.05, 3.63) is 23.2 Å². The van der Waals surface area contributed by atoms with E-state index in [4.69, 9.17) is 20.7 Å². The molecule has 0 aliphatic heterocycles. The molecular formula is C13H17ClNO6S4+. The van der Waals surface area contributed by atoms with Crippen molar-refractivity contribution in [3.63, 3.8) is 0 Å². The summed E-state index contributed by atoms with van der Waals surface area (Å²) < 4.78 is 62.7. The fourth-order valence-electron chi connectivity index (χ4n) is 2.12. The maximum Gasteiger partial charge on any atom is 0.303 e. The van der Waals surface area contributed by atoms with E-state index in [1.807, 2.05) is 6.07 Å². The van der Waals surface area contributed by atoms with Crippen molar-refractivity contribution in [3.8, 4) is 0 Å². The molecule has 1 aromatic carbocycles. The first-order valence-electron chi connectivity index (χ1n) is 7.17. The van der Waals surface area contributed by atoms with Crippen LogP contribution in [0.1, 0.15) is 12.8 Å². The summed E-state index contributed by atoms with van der Waals surface area (Å²) in [4.78, 5) is 4.53. The minimum atomic E-state index is -4.01. The van der Waals surface area contributed by atoms with Gasteiger partial charge in [-0.05, 0) is 30.3 Å². The Bertz CT molecular complexity index is 954. The quantitative estimate of drug-likeness (QED) is 0.260. The summed E-state index contributed by atoms with van der Waals surface area (Å²) in [6.45, 7) is 0. The number of rotatable bonds is 9. The second-order valence-corrected chi connectivity index (χ2v) is 12.2. The normalized spacial score (nSPS) is 13.5. The number of halogens is 1. The van der Waals surface area contributed by atoms with Gasteiger partial charge in [-0.3, -0.25) is 9.11 Å². The van der Waals surface area contributed by atoms with Crippen molar-refractivity contribution < 1.29 is 25.9 Å². The van der Waals surface area contributed by atoms with Gasteiger partial charge in [0.1, 0.15) is 11.3 Å². The van der Waals surface area contributed by atoms with Crippen LogP contribution < -0.4 is 0 Å². The van der Waals surface area contributed by atoms with E-state index in [9.17, 15) is 16.8 Å². The van der Waals surface area contributed by atoms with E-state index < -0.39 is 30.7 Å². The molecule has 1 atom stereocenters. The highest BCUT2D eigenvalue weighted by Crippen LogP contribution is 2.42. The van der Waals surface area contributed by atoms with Crippen LogP contribution in [0.15, 0.2) is 22.5 Å². The smallest absolute Gasteiger partial charge is 0.286 e. The van der Waals surface area contributed by atoms with E-state index in [1.165, 1.54) is 11.8 Å². The molecule has 12 heteroatoms. The van der Waals surface area contributed by atoms with Crippen LogP contribution in [0.3, 0.4) is 0 Å². The van der Waals surface area contributed by atoms with Crippen molar-refractivity contribution in [2.75, 3.05) is 17.3 Å². The third kappa shape index (κ3) is 7.00. The predicted octanol–water partition coefficient (Wildman–Crippen LogP) is 3.29. The van der Waals surface area contributed by atoms with Crippen molar-refractivity contribution >= 4 is 64.3 Å². The van der Waals surface area contributed by atoms with Gasteiger partial charge in [0, 0.05) is 33.7 Å². The molecule has 0 saturated carbocycles. The molecule has 25 heavy (non-hydrogen) atoms. The zero-order valence-corrected chi connectivity index (χ0v) is 17.0. The van der Waals surface area contributed by atoms with Gasteiger partial charge in [-0.2, -0.15) is 21.8 Å². The van der Waals surface area contributed by atoms with Gasteiger partial charge in [0.15, 0.2) is 0 Å². The molecule has 1 aromatic heterocycles. The number of hydrogen-bond acceptors (Lipinski definition) is 6. The summed E-state index contributed by atoms with van der Waals surface area (Å²) in [5.41, 5.74) is 0.722. The van der Waals surface area contributed by atoms with Crippen LogP contribution >= 0.6 is 33.8 Å². The van der Waals surface area contributed by atoms with Gasteiger partial charge in [0.2, 0.25) is 4.70 Å². The summed E-state index contributed by atoms with van der Waals surface area (Å²) in [6.07, 6.45) is 0.566. The first-order chi connectivity index (χ1) is 11.6. The highest BCUT2D eigenvalue weighted by atomic mass is 35.5. The molecule has 2 N–H and O–H groups in total. The lowest BCUT2D eigenvalue weighted by Crippen LogP contribution is -2.04. The topological polar surface area (TPSA) is 122 Å². The number of thiazole rings is 1. The average Bonchev–Trinajstić information content (AvgIpc) is 2.78. The zero-order chi connectivity index (χ0) is 18.7. The highest BCUT2D eigenvalue weighted by Gasteiger charge is 2.24. The second kappa shape index (κ2) is 8.51. The monoisotopic (exact) mass is 446 g/mol. The molecule has 0 fully saturated rings. The van der Waals surface area contributed by atoms with Crippen LogP contribution in [-0.2, 0) is 26.0 Å². The van der Waals surface area contributed by atoms with E-state index in [1.54, 1.807) is 12.1 Å². The van der Waals surface area contributed by atoms with Crippen molar-refractivity contribution in [2.45, 2.75) is 22.9 Å². The summed E-state index contributed by atoms with van der Waals surface area (Å²) in [6, 6.07) is 5.32. The van der Waals surface area contributed by atoms with Crippen molar-refractivity contribution in [1.29, 1.82) is 0 Å². The Morgan fingerprint density at radius 2 is 1.72 bits per heavy atom. The molecule has 7 nitrogen and oxygen atoms in total. The summed E-state index contributed by atoms with van der Waals surface area (Å²) >= 11 is 7.37. The van der Waals surface area contributed by atoms with Gasteiger partial charge in [0.05, 0.1) is 11.5 Å². The Morgan fingerprint density at radius 1 is 1.08 bits per heavy atom. The number of thioether (sulfide) groups is 1. The standard InChI is InChI=1S/C13H16ClNO6S4/c14-10-3-4-12-11(9-10)15-13(22-5-1-7-24(16,17)18)23(12)6-2-8-25(19,20)21/h3-4,9H,1-2,5-8H2,(H-,16,17,18,19,20,21)/p+1. The predicted molar refractivity (Wildman–Crippen MR) is 102 cm³/mol. The number of fused-ring (bicyclic) bond motifs is 1. The van der Waals surface area contributed by atoms with Crippen molar-refractivity contribution in [2.24, 2.45) is 0 Å². The van der Waals surface area contributed by atoms with E-state index in [0.717, 1.165) is 14.6 Å². The molecule has 0 aliphatic rings. The maximum atomic E-state index is 10.9. The second-order valence-electron chi connectivity index (χ2n) is 5.21. The van der Waals surface area contributed by atoms with Crippen LogP contribution in [0.25, 0.3) is 10.2 Å². The number of aromatic nitrogens is 1. The number of hydrogen-bond donors (Lipinski definition) is 2. The fourth-order valence-corrected chi connectivity index (χ4v) is 7.45. The van der Waals surface area contributed by atoms with Gasteiger partial charge < -0.3 is 0 Å². The molecule has 1 unspecified atom stereocenters. The van der Waals surface area contributed by atoms with E-state index in [-0.39, 0.29) is 24.3 Å². The van der Waals surface area contributed by atoms with Crippen molar-refractivity contribution in [1.82, 2.24) is 4.98 Å². The van der Waals surface area contributed by atoms with Gasteiger partial charge in [-0.25, -0.2) is 0 Å². The first-order valence-corrected chi connectivity index (χ1v) is 13.1. The maximum absolute atomic E-state index is 10.9. The molecule has 1 heterocycles. The first kappa shape index (κ1) is 20.9. The van der Waals surface area contributed by atoms with Gasteiger partial charge in [0.25, 0.3) is 20.2 Å². The Morgan fingerprint density at radius 3 is 2.36 bits per heavy atom. The lowest BCUT2D eigenvalue weighted by atomic mass is 10.3. The van der Waals surface area contributed by atoms with E-state index in [0.29, 0.717) is 16.5 Å². The van der Waals surface area contributed by atoms with Gasteiger partial charge in [-0.1, -0.05) is 11.6 Å². The number of aryl methyl sites for hydroxylation is 1. The molecule has 0 bridgehead atoms. The lowest BCUT2D eigenvalue weighted by molar-refractivity contribution is 0.480. The molecular weight excluding hydrogens is 430 g/mol. The van der Waals surface area contributed by atoms with Gasteiger partial charge in [-0.15, -0.1) is 0 Å². The SMILES string of the molecule is O=S(=O)(O)CCCSc1nc2cc(Cl)ccc2[s+]1CCCS(=O)(=O)O. The zero-order valence-electron chi connectivity index (χ0n) is 13.0. The summed E-state index contributed by atoms with van der Waals surface area (Å²) in [7, 11) is -8.44. The van der Waals surface area contributed by atoms with Crippen LogP contribution in [-0.4, -0.2) is 48.2 Å². The lowest BCUT2D eigenvalue weighted by Gasteiger charge is -1.97. The third-order valence-corrected chi connectivity index (χ3v) is 8.85. The number of benzene rings is 1. The fraction of sp³-hybridized carbons (Fsp3) is 0.462. The number of nitrogens with zero attached hydrogens (tertiary/aromatic N) is 1. The molecule has 0 amide bonds. The summed E-state index contributed by atoms with van der Waals surface area (Å²) in [5, 5.41) is 0.543. The highest BCUT2D eigenvalue weighted by molar-refractivity contribution is 8.01. The van der Waals surface area contributed by atoms with Crippen LogP contribution in [0.4, 0.5) is 0 Å². The Balaban J connectivity index is 2.17. The minimum absolute atomic E-state index is 0.280. The summed E-state index contributed by atoms with van der Waals surface area (Å²) in [5.74, 6) is 0.337. The molecule has 0 saturated heterocycles. The Labute approximate surface area is 158 Å². The average molecular weight is 447 g/mol. The van der Waals surface area contributed by atoms with Crippen LogP contribution in [0, 0.1) is 0 Å². The minimum Gasteiger partial charge on any atom is -0.286 e. The molecule has 2 rings (SSSR count). The van der Waals surface area contributed by atoms with Crippen LogP contribution in [0.2, 0.25) is 5.02 Å². The Kier molecular flexibility index (Phi) is 7.10. The Hall–Kier alpha value is -0.430. The largest absolute Gasteiger partial charge is 0.303 e. The molecule has 0 radical (unpaired) electrons. The molecule has 2 aromatic rings. The third-order valence-electron chi connectivity index (χ3n) is 3.13. The van der Waals surface area contributed by atoms with Gasteiger partial charge >= 0.3 is 4.34 Å². The van der Waals surface area contributed by atoms with E-state index >= 15 is 0 Å². The molecule has 0 aliphatic carbocycles.